The molecule has 0 bridgehead atoms. The smallest absolute Gasteiger partial charge is 0.206 e. The van der Waals surface area contributed by atoms with Crippen LogP contribution in [-0.4, -0.2) is 16.7 Å². The van der Waals surface area contributed by atoms with Gasteiger partial charge < -0.3 is 10.5 Å². The number of hydrogen-bond acceptors (Lipinski definition) is 3. The van der Waals surface area contributed by atoms with Crippen molar-refractivity contribution in [2.24, 2.45) is 0 Å². The van der Waals surface area contributed by atoms with Crippen LogP contribution in [0.4, 0.5) is 5.95 Å². The fourth-order valence-corrected chi connectivity index (χ4v) is 2.48. The van der Waals surface area contributed by atoms with Crippen molar-refractivity contribution >= 4 is 32.9 Å². The number of nitrogens with zero attached hydrogens (tertiary/aromatic N) is 2. The Hall–Kier alpha value is -2.01. The predicted octanol–water partition coefficient (Wildman–Crippen LogP) is 3.38. The lowest BCUT2D eigenvalue weighted by molar-refractivity contribution is 0.413. The van der Waals surface area contributed by atoms with Gasteiger partial charge in [-0.05, 0) is 30.3 Å². The third kappa shape index (κ3) is 1.96. The second-order valence-corrected chi connectivity index (χ2v) is 5.03. The zero-order valence-electron chi connectivity index (χ0n) is 10.3. The molecule has 3 aromatic rings. The van der Waals surface area contributed by atoms with Crippen LogP contribution in [0.2, 0.25) is 0 Å². The number of para-hydroxylation sites is 2. The quantitative estimate of drug-likeness (QED) is 0.788. The van der Waals surface area contributed by atoms with Crippen molar-refractivity contribution in [3.8, 4) is 11.4 Å². The molecule has 1 aromatic heterocycles. The largest absolute Gasteiger partial charge is 0.495 e. The van der Waals surface area contributed by atoms with Crippen molar-refractivity contribution in [1.29, 1.82) is 0 Å². The molecule has 0 unspecified atom stereocenters. The Morgan fingerprint density at radius 2 is 2.00 bits per heavy atom. The summed E-state index contributed by atoms with van der Waals surface area (Å²) in [6.45, 7) is 0. The first-order chi connectivity index (χ1) is 9.20. The first-order valence-electron chi connectivity index (χ1n) is 5.77. The zero-order chi connectivity index (χ0) is 13.4. The van der Waals surface area contributed by atoms with Crippen molar-refractivity contribution in [2.75, 3.05) is 12.8 Å². The summed E-state index contributed by atoms with van der Waals surface area (Å²) in [5, 5.41) is 0. The number of benzene rings is 2. The molecule has 0 fully saturated rings. The second-order valence-electron chi connectivity index (χ2n) is 4.11. The molecule has 0 aliphatic carbocycles. The van der Waals surface area contributed by atoms with Crippen LogP contribution in [0, 0.1) is 0 Å². The van der Waals surface area contributed by atoms with E-state index in [0.29, 0.717) is 5.95 Å². The highest BCUT2D eigenvalue weighted by molar-refractivity contribution is 9.10. The van der Waals surface area contributed by atoms with Crippen LogP contribution in [0.1, 0.15) is 0 Å². The third-order valence-electron chi connectivity index (χ3n) is 2.97. The van der Waals surface area contributed by atoms with E-state index in [1.54, 1.807) is 7.11 Å². The van der Waals surface area contributed by atoms with Gasteiger partial charge >= 0.3 is 0 Å². The minimum atomic E-state index is 0.442. The van der Waals surface area contributed by atoms with Crippen molar-refractivity contribution in [2.45, 2.75) is 0 Å². The van der Waals surface area contributed by atoms with Gasteiger partial charge in [0, 0.05) is 4.47 Å². The van der Waals surface area contributed by atoms with Crippen LogP contribution in [0.5, 0.6) is 5.75 Å². The van der Waals surface area contributed by atoms with Crippen LogP contribution in [-0.2, 0) is 0 Å². The van der Waals surface area contributed by atoms with Crippen LogP contribution < -0.4 is 10.5 Å². The van der Waals surface area contributed by atoms with E-state index in [4.69, 9.17) is 10.5 Å². The van der Waals surface area contributed by atoms with Gasteiger partial charge in [0.05, 0.1) is 23.8 Å². The molecule has 19 heavy (non-hydrogen) atoms. The van der Waals surface area contributed by atoms with Gasteiger partial charge in [-0.3, -0.25) is 4.57 Å². The summed E-state index contributed by atoms with van der Waals surface area (Å²) in [5.74, 6) is 1.19. The Balaban J connectivity index is 2.35. The molecule has 0 radical (unpaired) electrons. The standard InChI is InChI=1S/C14H12BrN3O/c1-19-13-7-6-9(15)8-12(13)18-11-5-3-2-4-10(11)17-14(18)16/h2-8H,1H3,(H2,16,17). The lowest BCUT2D eigenvalue weighted by Gasteiger charge is -2.12. The second kappa shape index (κ2) is 4.59. The molecule has 2 N–H and O–H groups in total. The molecule has 3 rings (SSSR count). The monoisotopic (exact) mass is 317 g/mol. The number of halogens is 1. The van der Waals surface area contributed by atoms with Crippen LogP contribution in [0.25, 0.3) is 16.7 Å². The topological polar surface area (TPSA) is 53.1 Å². The van der Waals surface area contributed by atoms with E-state index in [0.717, 1.165) is 26.9 Å². The average Bonchev–Trinajstić information content (AvgIpc) is 2.74. The average molecular weight is 318 g/mol. The molecule has 0 atom stereocenters. The summed E-state index contributed by atoms with van der Waals surface area (Å²) < 4.78 is 8.25. The molecular formula is C14H12BrN3O. The molecule has 1 heterocycles. The van der Waals surface area contributed by atoms with E-state index < -0.39 is 0 Å². The van der Waals surface area contributed by atoms with Gasteiger partial charge in [-0.15, -0.1) is 0 Å². The molecule has 0 saturated carbocycles. The van der Waals surface area contributed by atoms with Crippen molar-refractivity contribution < 1.29 is 4.74 Å². The number of aromatic nitrogens is 2. The molecule has 2 aromatic carbocycles. The Bertz CT molecular complexity index is 752. The van der Waals surface area contributed by atoms with Crippen LogP contribution in [0.15, 0.2) is 46.9 Å². The molecule has 0 aliphatic rings. The SMILES string of the molecule is COc1ccc(Br)cc1-n1c(N)nc2ccccc21. The molecule has 0 aliphatic heterocycles. The van der Waals surface area contributed by atoms with Gasteiger partial charge in [0.15, 0.2) is 0 Å². The first kappa shape index (κ1) is 12.0. The minimum absolute atomic E-state index is 0.442. The molecule has 0 saturated heterocycles. The normalized spacial score (nSPS) is 10.8. The number of nitrogens with two attached hydrogens (primary N) is 1. The maximum Gasteiger partial charge on any atom is 0.206 e. The van der Waals surface area contributed by atoms with Crippen molar-refractivity contribution in [3.05, 3.63) is 46.9 Å². The first-order valence-corrected chi connectivity index (χ1v) is 6.57. The summed E-state index contributed by atoms with van der Waals surface area (Å²) in [5.41, 5.74) is 8.72. The van der Waals surface area contributed by atoms with Crippen molar-refractivity contribution in [3.63, 3.8) is 0 Å². The van der Waals surface area contributed by atoms with Gasteiger partial charge in [0.1, 0.15) is 5.75 Å². The fraction of sp³-hybridized carbons (Fsp3) is 0.0714. The van der Waals surface area contributed by atoms with E-state index in [9.17, 15) is 0 Å². The van der Waals surface area contributed by atoms with Gasteiger partial charge in [-0.25, -0.2) is 4.98 Å². The summed E-state index contributed by atoms with van der Waals surface area (Å²) in [4.78, 5) is 4.36. The zero-order valence-corrected chi connectivity index (χ0v) is 11.9. The number of anilines is 1. The Morgan fingerprint density at radius 1 is 1.21 bits per heavy atom. The van der Waals surface area contributed by atoms with Gasteiger partial charge in [-0.1, -0.05) is 28.1 Å². The summed E-state index contributed by atoms with van der Waals surface area (Å²) in [6.07, 6.45) is 0. The van der Waals surface area contributed by atoms with E-state index in [1.165, 1.54) is 0 Å². The lowest BCUT2D eigenvalue weighted by Crippen LogP contribution is -2.02. The number of hydrogen-bond donors (Lipinski definition) is 1. The van der Waals surface area contributed by atoms with E-state index in [2.05, 4.69) is 20.9 Å². The van der Waals surface area contributed by atoms with E-state index >= 15 is 0 Å². The molecule has 5 heteroatoms. The van der Waals surface area contributed by atoms with Gasteiger partial charge in [0.25, 0.3) is 0 Å². The predicted molar refractivity (Wildman–Crippen MR) is 79.7 cm³/mol. The number of rotatable bonds is 2. The Kier molecular flexibility index (Phi) is 2.91. The number of nitrogen functional groups attached to an aromatic ring is 1. The fourth-order valence-electron chi connectivity index (χ4n) is 2.14. The summed E-state index contributed by atoms with van der Waals surface area (Å²) in [6, 6.07) is 13.6. The maximum absolute atomic E-state index is 6.04. The number of ether oxygens (including phenoxy) is 1. The number of imidazole rings is 1. The molecule has 0 amide bonds. The van der Waals surface area contributed by atoms with Crippen molar-refractivity contribution in [1.82, 2.24) is 9.55 Å². The third-order valence-corrected chi connectivity index (χ3v) is 3.46. The lowest BCUT2D eigenvalue weighted by atomic mass is 10.2. The van der Waals surface area contributed by atoms with Gasteiger partial charge in [0.2, 0.25) is 5.95 Å². The minimum Gasteiger partial charge on any atom is -0.495 e. The van der Waals surface area contributed by atoms with E-state index in [-0.39, 0.29) is 0 Å². The van der Waals surface area contributed by atoms with E-state index in [1.807, 2.05) is 47.0 Å². The number of fused-ring (bicyclic) bond motifs is 1. The summed E-state index contributed by atoms with van der Waals surface area (Å²) >= 11 is 3.47. The Morgan fingerprint density at radius 3 is 2.79 bits per heavy atom. The molecule has 0 spiro atoms. The van der Waals surface area contributed by atoms with Gasteiger partial charge in [-0.2, -0.15) is 0 Å². The maximum atomic E-state index is 6.04. The Labute approximate surface area is 118 Å². The van der Waals surface area contributed by atoms with Crippen LogP contribution in [0.3, 0.4) is 0 Å². The molecule has 96 valence electrons. The number of methoxy groups -OCH3 is 1. The highest BCUT2D eigenvalue weighted by Crippen LogP contribution is 2.31. The highest BCUT2D eigenvalue weighted by Gasteiger charge is 2.13. The molecule has 4 nitrogen and oxygen atoms in total. The highest BCUT2D eigenvalue weighted by atomic mass is 79.9. The summed E-state index contributed by atoms with van der Waals surface area (Å²) in [7, 11) is 1.64. The van der Waals surface area contributed by atoms with Crippen LogP contribution >= 0.6 is 15.9 Å². The molecular weight excluding hydrogens is 306 g/mol.